The van der Waals surface area contributed by atoms with Crippen LogP contribution in [0.3, 0.4) is 0 Å². The minimum Gasteiger partial charge on any atom is -0.495 e. The van der Waals surface area contributed by atoms with Crippen molar-refractivity contribution >= 4 is 70.1 Å². The third kappa shape index (κ3) is 8.39. The van der Waals surface area contributed by atoms with Gasteiger partial charge in [0.25, 0.3) is 11.8 Å². The van der Waals surface area contributed by atoms with Crippen LogP contribution in [0.1, 0.15) is 22.8 Å². The summed E-state index contributed by atoms with van der Waals surface area (Å²) in [5.74, 6) is -0.681. The summed E-state index contributed by atoms with van der Waals surface area (Å²) in [6.07, 6.45) is 1.52. The molecule has 214 valence electrons. The molecule has 4 aromatic rings. The minimum atomic E-state index is -0.538. The number of hydrogen-bond acceptors (Lipinski definition) is 5. The van der Waals surface area contributed by atoms with Crippen LogP contribution in [0.25, 0.3) is 6.08 Å². The van der Waals surface area contributed by atoms with Crippen LogP contribution in [0.5, 0.6) is 5.75 Å². The molecule has 0 aliphatic rings. The molecule has 1 unspecified atom stereocenters. The van der Waals surface area contributed by atoms with Crippen molar-refractivity contribution in [2.75, 3.05) is 17.7 Å². The average molecular weight is 621 g/mol. The van der Waals surface area contributed by atoms with Crippen LogP contribution < -0.4 is 20.7 Å². The van der Waals surface area contributed by atoms with E-state index in [9.17, 15) is 14.4 Å². The third-order valence-corrected chi connectivity index (χ3v) is 7.66. The molecule has 0 saturated heterocycles. The summed E-state index contributed by atoms with van der Waals surface area (Å²) >= 11 is 13.8. The van der Waals surface area contributed by atoms with Crippen molar-refractivity contribution in [3.8, 4) is 5.75 Å². The zero-order valence-corrected chi connectivity index (χ0v) is 25.0. The molecule has 10 heteroatoms. The number of benzene rings is 4. The molecule has 3 amide bonds. The predicted molar refractivity (Wildman–Crippen MR) is 170 cm³/mol. The third-order valence-electron chi connectivity index (χ3n) is 5.93. The second-order valence-electron chi connectivity index (χ2n) is 8.98. The predicted octanol–water partition coefficient (Wildman–Crippen LogP) is 7.53. The van der Waals surface area contributed by atoms with Crippen molar-refractivity contribution in [3.05, 3.63) is 124 Å². The molecular weight excluding hydrogens is 593 g/mol. The number of halogens is 2. The van der Waals surface area contributed by atoms with E-state index in [1.165, 1.54) is 24.9 Å². The van der Waals surface area contributed by atoms with Gasteiger partial charge in [-0.2, -0.15) is 0 Å². The van der Waals surface area contributed by atoms with Gasteiger partial charge in [0.1, 0.15) is 11.4 Å². The first-order valence-electron chi connectivity index (χ1n) is 12.8. The minimum absolute atomic E-state index is 0.0147. The van der Waals surface area contributed by atoms with E-state index in [0.29, 0.717) is 38.3 Å². The molecule has 0 saturated carbocycles. The Labute approximate surface area is 258 Å². The van der Waals surface area contributed by atoms with E-state index >= 15 is 0 Å². The zero-order chi connectivity index (χ0) is 30.1. The van der Waals surface area contributed by atoms with Gasteiger partial charge in [-0.05, 0) is 73.2 Å². The Morgan fingerprint density at radius 2 is 1.52 bits per heavy atom. The molecule has 4 rings (SSSR count). The lowest BCUT2D eigenvalue weighted by Crippen LogP contribution is -2.30. The van der Waals surface area contributed by atoms with Gasteiger partial charge in [0.15, 0.2) is 0 Å². The van der Waals surface area contributed by atoms with Gasteiger partial charge in [0.05, 0.1) is 17.4 Å². The highest BCUT2D eigenvalue weighted by molar-refractivity contribution is 8.00. The quantitative estimate of drug-likeness (QED) is 0.126. The standard InChI is InChI=1S/C32H27Cl2N3O4S/c1-20(30(38)35-24-15-16-29(41-2)27(34)19-24)42-25-13-8-12-23(18-25)36-32(40)28(17-22-11-6-7-14-26(22)33)37-31(39)21-9-4-3-5-10-21/h3-20H,1-2H3,(H,35,38)(H,36,40)(H,37,39)/b28-17+. The maximum Gasteiger partial charge on any atom is 0.272 e. The van der Waals surface area contributed by atoms with Gasteiger partial charge in [-0.3, -0.25) is 14.4 Å². The molecule has 0 fully saturated rings. The van der Waals surface area contributed by atoms with Gasteiger partial charge in [-0.25, -0.2) is 0 Å². The molecule has 0 spiro atoms. The van der Waals surface area contributed by atoms with Gasteiger partial charge in [-0.15, -0.1) is 11.8 Å². The van der Waals surface area contributed by atoms with Gasteiger partial charge >= 0.3 is 0 Å². The number of nitrogens with one attached hydrogen (secondary N) is 3. The summed E-state index contributed by atoms with van der Waals surface area (Å²) in [7, 11) is 1.52. The summed E-state index contributed by atoms with van der Waals surface area (Å²) < 4.78 is 5.15. The van der Waals surface area contributed by atoms with Crippen LogP contribution in [0, 0.1) is 0 Å². The van der Waals surface area contributed by atoms with Crippen LogP contribution in [0.2, 0.25) is 10.0 Å². The fraction of sp³-hybridized carbons (Fsp3) is 0.0938. The highest BCUT2D eigenvalue weighted by atomic mass is 35.5. The average Bonchev–Trinajstić information content (AvgIpc) is 2.98. The molecule has 0 aromatic heterocycles. The van der Waals surface area contributed by atoms with E-state index in [2.05, 4.69) is 16.0 Å². The molecular formula is C32H27Cl2N3O4S. The molecule has 42 heavy (non-hydrogen) atoms. The van der Waals surface area contributed by atoms with Crippen LogP contribution >= 0.6 is 35.0 Å². The van der Waals surface area contributed by atoms with E-state index < -0.39 is 17.1 Å². The number of amides is 3. The van der Waals surface area contributed by atoms with Gasteiger partial charge in [0.2, 0.25) is 5.91 Å². The molecule has 0 aliphatic heterocycles. The molecule has 0 aliphatic carbocycles. The number of ether oxygens (including phenoxy) is 1. The van der Waals surface area contributed by atoms with E-state index in [-0.39, 0.29) is 11.6 Å². The fourth-order valence-electron chi connectivity index (χ4n) is 3.78. The second kappa shape index (κ2) is 14.6. The SMILES string of the molecule is COc1ccc(NC(=O)C(C)Sc2cccc(NC(=O)/C(=C\c3ccccc3Cl)NC(=O)c3ccccc3)c2)cc1Cl. The molecule has 0 radical (unpaired) electrons. The lowest BCUT2D eigenvalue weighted by molar-refractivity contribution is -0.115. The molecule has 3 N–H and O–H groups in total. The van der Waals surface area contributed by atoms with Crippen molar-refractivity contribution in [2.24, 2.45) is 0 Å². The first-order valence-corrected chi connectivity index (χ1v) is 14.4. The topological polar surface area (TPSA) is 96.5 Å². The van der Waals surface area contributed by atoms with E-state index in [1.807, 2.05) is 6.07 Å². The second-order valence-corrected chi connectivity index (χ2v) is 11.2. The number of rotatable bonds is 10. The molecule has 1 atom stereocenters. The first kappa shape index (κ1) is 30.7. The van der Waals surface area contributed by atoms with Crippen molar-refractivity contribution in [3.63, 3.8) is 0 Å². The number of carbonyl (C=O) groups is 3. The molecule has 7 nitrogen and oxygen atoms in total. The maximum absolute atomic E-state index is 13.4. The summed E-state index contributed by atoms with van der Waals surface area (Å²) in [5, 5.41) is 8.74. The Morgan fingerprint density at radius 1 is 0.810 bits per heavy atom. The fourth-order valence-corrected chi connectivity index (χ4v) is 5.16. The zero-order valence-electron chi connectivity index (χ0n) is 22.7. The van der Waals surface area contributed by atoms with E-state index in [0.717, 1.165) is 4.90 Å². The van der Waals surface area contributed by atoms with Crippen molar-refractivity contribution in [1.82, 2.24) is 5.32 Å². The van der Waals surface area contributed by atoms with Crippen molar-refractivity contribution in [1.29, 1.82) is 0 Å². The Balaban J connectivity index is 1.47. The number of carbonyl (C=O) groups excluding carboxylic acids is 3. The highest BCUT2D eigenvalue weighted by Gasteiger charge is 2.18. The van der Waals surface area contributed by atoms with Gasteiger partial charge in [0, 0.05) is 26.9 Å². The summed E-state index contributed by atoms with van der Waals surface area (Å²) in [5.41, 5.74) is 2.02. The molecule has 0 heterocycles. The number of methoxy groups -OCH3 is 1. The Bertz CT molecular complexity index is 1630. The number of thioether (sulfide) groups is 1. The smallest absolute Gasteiger partial charge is 0.272 e. The van der Waals surface area contributed by atoms with E-state index in [4.69, 9.17) is 27.9 Å². The lowest BCUT2D eigenvalue weighted by atomic mass is 10.1. The Morgan fingerprint density at radius 3 is 2.24 bits per heavy atom. The first-order chi connectivity index (χ1) is 20.2. The maximum atomic E-state index is 13.4. The Hall–Kier alpha value is -4.24. The van der Waals surface area contributed by atoms with Crippen molar-refractivity contribution < 1.29 is 19.1 Å². The van der Waals surface area contributed by atoms with Crippen LogP contribution in [0.15, 0.2) is 108 Å². The van der Waals surface area contributed by atoms with Crippen LogP contribution in [0.4, 0.5) is 11.4 Å². The summed E-state index contributed by atoms with van der Waals surface area (Å²) in [6, 6.07) is 27.7. The lowest BCUT2D eigenvalue weighted by Gasteiger charge is -2.14. The van der Waals surface area contributed by atoms with Crippen LogP contribution in [-0.4, -0.2) is 30.1 Å². The monoisotopic (exact) mass is 619 g/mol. The number of anilines is 2. The van der Waals surface area contributed by atoms with Crippen molar-refractivity contribution in [2.45, 2.75) is 17.1 Å². The number of hydrogen-bond donors (Lipinski definition) is 3. The highest BCUT2D eigenvalue weighted by Crippen LogP contribution is 2.30. The molecule has 0 bridgehead atoms. The Kier molecular flexibility index (Phi) is 10.7. The van der Waals surface area contributed by atoms with E-state index in [1.54, 1.807) is 97.9 Å². The largest absolute Gasteiger partial charge is 0.495 e. The van der Waals surface area contributed by atoms with Crippen LogP contribution in [-0.2, 0) is 9.59 Å². The summed E-state index contributed by atoms with van der Waals surface area (Å²) in [6.45, 7) is 1.78. The van der Waals surface area contributed by atoms with Gasteiger partial charge < -0.3 is 20.7 Å². The summed E-state index contributed by atoms with van der Waals surface area (Å²) in [4.78, 5) is 39.9. The molecule has 4 aromatic carbocycles. The normalized spacial score (nSPS) is 11.8. The van der Waals surface area contributed by atoms with Gasteiger partial charge in [-0.1, -0.05) is 65.7 Å².